The highest BCUT2D eigenvalue weighted by Gasteiger charge is 2.24. The zero-order chi connectivity index (χ0) is 34.1. The van der Waals surface area contributed by atoms with Crippen LogP contribution in [0.2, 0.25) is 0 Å². The first-order valence-electron chi connectivity index (χ1n) is 17.0. The fourth-order valence-electron chi connectivity index (χ4n) is 8.07. The number of aliphatic hydroxyl groups excluding tert-OH is 1. The van der Waals surface area contributed by atoms with Crippen LogP contribution in [0, 0.1) is 20.8 Å². The fourth-order valence-corrected chi connectivity index (χ4v) is 8.07. The molecule has 2 aromatic heterocycles. The molecule has 50 heavy (non-hydrogen) atoms. The molecule has 242 valence electrons. The van der Waals surface area contributed by atoms with E-state index in [1.54, 1.807) is 6.07 Å². The lowest BCUT2D eigenvalue weighted by molar-refractivity contribution is 0.102. The standard InChI is InChI=1S/C45H35N3O2/c1-27-23-28(2)43(29(3)24-27)46-45(50)35-15-10-18-40(37(35)26-49)48-38-16-8-6-13-33(38)34-21-22-41-42(44(34)48)36-14-7-9-17-39(36)47(41)32-20-19-30-11-4-5-12-31(30)25-32/h4-25,49H,26H2,1-3H3,(H,46,50). The smallest absolute Gasteiger partial charge is 0.256 e. The van der Waals surface area contributed by atoms with Crippen LogP contribution in [0.25, 0.3) is 65.8 Å². The summed E-state index contributed by atoms with van der Waals surface area (Å²) in [6.45, 7) is 5.78. The van der Waals surface area contributed by atoms with Gasteiger partial charge in [0.05, 0.1) is 34.4 Å². The topological polar surface area (TPSA) is 59.2 Å². The molecule has 9 aromatic rings. The maximum Gasteiger partial charge on any atom is 0.256 e. The Kier molecular flexibility index (Phi) is 6.87. The fraction of sp³-hybridized carbons (Fsp3) is 0.0889. The quantitative estimate of drug-likeness (QED) is 0.195. The van der Waals surface area contributed by atoms with Crippen LogP contribution in [0.15, 0.2) is 133 Å². The van der Waals surface area contributed by atoms with Crippen LogP contribution in [0.3, 0.4) is 0 Å². The van der Waals surface area contributed by atoms with E-state index in [9.17, 15) is 9.90 Å². The number of carbonyl (C=O) groups is 1. The van der Waals surface area contributed by atoms with Gasteiger partial charge in [-0.25, -0.2) is 0 Å². The summed E-state index contributed by atoms with van der Waals surface area (Å²) in [6.07, 6.45) is 0. The molecule has 9 rings (SSSR count). The molecule has 0 saturated heterocycles. The van der Waals surface area contributed by atoms with Gasteiger partial charge < -0.3 is 19.6 Å². The average molecular weight is 650 g/mol. The molecule has 0 saturated carbocycles. The van der Waals surface area contributed by atoms with Crippen LogP contribution in [-0.4, -0.2) is 20.1 Å². The van der Waals surface area contributed by atoms with Gasteiger partial charge >= 0.3 is 0 Å². The van der Waals surface area contributed by atoms with Crippen LogP contribution in [-0.2, 0) is 6.61 Å². The lowest BCUT2D eigenvalue weighted by atomic mass is 10.0. The van der Waals surface area contributed by atoms with Gasteiger partial charge in [0.1, 0.15) is 0 Å². The van der Waals surface area contributed by atoms with Crippen LogP contribution in [0.5, 0.6) is 0 Å². The Morgan fingerprint density at radius 2 is 1.30 bits per heavy atom. The van der Waals surface area contributed by atoms with Crippen molar-refractivity contribution in [2.45, 2.75) is 27.4 Å². The number of aromatic nitrogens is 2. The van der Waals surface area contributed by atoms with Gasteiger partial charge in [-0.15, -0.1) is 0 Å². The predicted molar refractivity (Wildman–Crippen MR) is 207 cm³/mol. The number of para-hydroxylation sites is 2. The molecule has 5 nitrogen and oxygen atoms in total. The predicted octanol–water partition coefficient (Wildman–Crippen LogP) is 10.7. The molecule has 0 atom stereocenters. The Balaban J connectivity index is 1.34. The van der Waals surface area contributed by atoms with E-state index in [-0.39, 0.29) is 12.5 Å². The van der Waals surface area contributed by atoms with Gasteiger partial charge in [0, 0.05) is 44.0 Å². The first kappa shape index (κ1) is 29.9. The maximum atomic E-state index is 14.0. The Bertz CT molecular complexity index is 2810. The molecule has 0 spiro atoms. The van der Waals surface area contributed by atoms with Crippen molar-refractivity contribution in [1.29, 1.82) is 0 Å². The summed E-state index contributed by atoms with van der Waals surface area (Å²) in [5.41, 5.74) is 11.1. The summed E-state index contributed by atoms with van der Waals surface area (Å²) >= 11 is 0. The number of aryl methyl sites for hydroxylation is 3. The molecule has 0 aliphatic carbocycles. The monoisotopic (exact) mass is 649 g/mol. The minimum atomic E-state index is -0.298. The van der Waals surface area contributed by atoms with Crippen LogP contribution in [0.4, 0.5) is 5.69 Å². The summed E-state index contributed by atoms with van der Waals surface area (Å²) in [6, 6.07) is 46.4. The number of amides is 1. The van der Waals surface area contributed by atoms with E-state index in [1.165, 1.54) is 10.8 Å². The van der Waals surface area contributed by atoms with Crippen molar-refractivity contribution < 1.29 is 9.90 Å². The second-order valence-corrected chi connectivity index (χ2v) is 13.3. The van der Waals surface area contributed by atoms with E-state index in [4.69, 9.17) is 0 Å². The molecule has 2 N–H and O–H groups in total. The summed E-state index contributed by atoms with van der Waals surface area (Å²) in [4.78, 5) is 14.0. The largest absolute Gasteiger partial charge is 0.392 e. The second kappa shape index (κ2) is 11.5. The van der Waals surface area contributed by atoms with Crippen molar-refractivity contribution in [2.24, 2.45) is 0 Å². The van der Waals surface area contributed by atoms with Crippen molar-refractivity contribution >= 4 is 66.0 Å². The van der Waals surface area contributed by atoms with Crippen molar-refractivity contribution in [2.75, 3.05) is 5.32 Å². The average Bonchev–Trinajstić information content (AvgIpc) is 3.65. The lowest BCUT2D eigenvalue weighted by Crippen LogP contribution is -2.17. The molecule has 0 fully saturated rings. The molecular formula is C45H35N3O2. The van der Waals surface area contributed by atoms with Crippen molar-refractivity contribution in [1.82, 2.24) is 9.13 Å². The summed E-state index contributed by atoms with van der Waals surface area (Å²) < 4.78 is 4.59. The van der Waals surface area contributed by atoms with E-state index >= 15 is 0 Å². The number of benzene rings is 7. The molecule has 0 bridgehead atoms. The van der Waals surface area contributed by atoms with Gasteiger partial charge in [-0.2, -0.15) is 0 Å². The van der Waals surface area contributed by atoms with E-state index < -0.39 is 0 Å². The number of rotatable bonds is 5. The Hall–Kier alpha value is -6.17. The Morgan fingerprint density at radius 1 is 0.620 bits per heavy atom. The van der Waals surface area contributed by atoms with Crippen LogP contribution >= 0.6 is 0 Å². The number of fused-ring (bicyclic) bond motifs is 8. The first-order chi connectivity index (χ1) is 24.4. The minimum Gasteiger partial charge on any atom is -0.392 e. The van der Waals surface area contributed by atoms with E-state index in [0.29, 0.717) is 11.1 Å². The number of nitrogens with one attached hydrogen (secondary N) is 1. The third kappa shape index (κ3) is 4.48. The Labute approximate surface area is 289 Å². The lowest BCUT2D eigenvalue weighted by Gasteiger charge is -2.18. The van der Waals surface area contributed by atoms with Gasteiger partial charge in [0.25, 0.3) is 5.91 Å². The van der Waals surface area contributed by atoms with Crippen molar-refractivity contribution in [3.63, 3.8) is 0 Å². The zero-order valence-electron chi connectivity index (χ0n) is 28.2. The highest BCUT2D eigenvalue weighted by Crippen LogP contribution is 2.43. The molecule has 2 heterocycles. The van der Waals surface area contributed by atoms with Gasteiger partial charge in [-0.1, -0.05) is 96.6 Å². The number of nitrogens with zero attached hydrogens (tertiary/aromatic N) is 2. The number of hydrogen-bond donors (Lipinski definition) is 2. The number of hydrogen-bond acceptors (Lipinski definition) is 2. The van der Waals surface area contributed by atoms with Crippen LogP contribution in [0.1, 0.15) is 32.6 Å². The maximum absolute atomic E-state index is 14.0. The van der Waals surface area contributed by atoms with E-state index in [0.717, 1.165) is 77.4 Å². The van der Waals surface area contributed by atoms with Gasteiger partial charge in [0.15, 0.2) is 0 Å². The number of aliphatic hydroxyl groups is 1. The highest BCUT2D eigenvalue weighted by molar-refractivity contribution is 6.26. The Morgan fingerprint density at radius 3 is 2.06 bits per heavy atom. The van der Waals surface area contributed by atoms with Gasteiger partial charge in [-0.3, -0.25) is 4.79 Å². The van der Waals surface area contributed by atoms with E-state index in [2.05, 4.69) is 131 Å². The molecule has 0 radical (unpaired) electrons. The highest BCUT2D eigenvalue weighted by atomic mass is 16.3. The van der Waals surface area contributed by atoms with Crippen LogP contribution < -0.4 is 5.32 Å². The van der Waals surface area contributed by atoms with Gasteiger partial charge in [0.2, 0.25) is 0 Å². The second-order valence-electron chi connectivity index (χ2n) is 13.3. The van der Waals surface area contributed by atoms with Gasteiger partial charge in [-0.05, 0) is 85.1 Å². The normalized spacial score (nSPS) is 11.8. The third-order valence-electron chi connectivity index (χ3n) is 10.2. The molecule has 0 unspecified atom stereocenters. The SMILES string of the molecule is Cc1cc(C)c(NC(=O)c2cccc(-n3c4ccccc4c4ccc5c(c6ccccc6n5-c5ccc6ccccc6c5)c43)c2CO)c(C)c1. The molecule has 0 aliphatic rings. The third-order valence-corrected chi connectivity index (χ3v) is 10.2. The number of anilines is 1. The minimum absolute atomic E-state index is 0.246. The summed E-state index contributed by atoms with van der Waals surface area (Å²) in [5, 5.41) is 21.1. The molecule has 7 aromatic carbocycles. The molecular weight excluding hydrogens is 615 g/mol. The first-order valence-corrected chi connectivity index (χ1v) is 17.0. The summed E-state index contributed by atoms with van der Waals surface area (Å²) in [7, 11) is 0. The number of carbonyl (C=O) groups excluding carboxylic acids is 1. The van der Waals surface area contributed by atoms with E-state index in [1.807, 2.05) is 32.0 Å². The van der Waals surface area contributed by atoms with Crippen molar-refractivity contribution in [3.05, 3.63) is 161 Å². The summed E-state index contributed by atoms with van der Waals surface area (Å²) in [5.74, 6) is -0.246. The zero-order valence-corrected chi connectivity index (χ0v) is 28.2. The van der Waals surface area contributed by atoms with Crippen molar-refractivity contribution in [3.8, 4) is 11.4 Å². The molecule has 1 amide bonds. The molecule has 5 heteroatoms. The molecule has 0 aliphatic heterocycles.